The summed E-state index contributed by atoms with van der Waals surface area (Å²) >= 11 is 2.91. The number of carbonyl (C=O) groups excluding carboxylic acids is 1. The average molecular weight is 379 g/mol. The molecule has 1 atom stereocenters. The van der Waals surface area contributed by atoms with Gasteiger partial charge in [-0.1, -0.05) is 30.0 Å². The largest absolute Gasteiger partial charge is 0.497 e. The summed E-state index contributed by atoms with van der Waals surface area (Å²) in [6.07, 6.45) is 2.32. The van der Waals surface area contributed by atoms with Crippen molar-refractivity contribution in [1.82, 2.24) is 15.1 Å². The van der Waals surface area contributed by atoms with E-state index < -0.39 is 0 Å². The van der Waals surface area contributed by atoms with Gasteiger partial charge in [-0.3, -0.25) is 4.79 Å². The van der Waals surface area contributed by atoms with Gasteiger partial charge in [0.15, 0.2) is 4.34 Å². The van der Waals surface area contributed by atoms with Gasteiger partial charge in [-0.15, -0.1) is 10.2 Å². The Hall–Kier alpha value is -1.80. The fourth-order valence-corrected chi connectivity index (χ4v) is 4.42. The number of ether oxygens (including phenoxy) is 1. The summed E-state index contributed by atoms with van der Waals surface area (Å²) in [5.74, 6) is 2.02. The van der Waals surface area contributed by atoms with Crippen molar-refractivity contribution in [3.63, 3.8) is 0 Å². The van der Waals surface area contributed by atoms with Gasteiger partial charge in [0.25, 0.3) is 0 Å². The van der Waals surface area contributed by atoms with E-state index in [2.05, 4.69) is 22.4 Å². The molecule has 8 heteroatoms. The lowest BCUT2D eigenvalue weighted by atomic mass is 10.0. The zero-order valence-electron chi connectivity index (χ0n) is 14.4. The maximum Gasteiger partial charge on any atom is 0.233 e. The van der Waals surface area contributed by atoms with Crippen LogP contribution in [0.2, 0.25) is 0 Å². The van der Waals surface area contributed by atoms with Gasteiger partial charge in [0, 0.05) is 18.8 Å². The van der Waals surface area contributed by atoms with Crippen LogP contribution in [0.5, 0.6) is 5.75 Å². The second kappa shape index (κ2) is 8.53. The van der Waals surface area contributed by atoms with Gasteiger partial charge in [0.2, 0.25) is 11.0 Å². The first-order valence-corrected chi connectivity index (χ1v) is 10.1. The molecule has 2 aromatic rings. The van der Waals surface area contributed by atoms with E-state index in [9.17, 15) is 4.79 Å². The first-order chi connectivity index (χ1) is 12.1. The molecule has 6 nitrogen and oxygen atoms in total. The number of aromatic nitrogens is 2. The molecule has 1 N–H and O–H groups in total. The van der Waals surface area contributed by atoms with E-state index in [0.717, 1.165) is 35.3 Å². The number of nitrogens with zero attached hydrogens (tertiary/aromatic N) is 3. The summed E-state index contributed by atoms with van der Waals surface area (Å²) in [5.41, 5.74) is 0.923. The summed E-state index contributed by atoms with van der Waals surface area (Å²) < 4.78 is 5.94. The highest BCUT2D eigenvalue weighted by molar-refractivity contribution is 8.01. The number of carbonyl (C=O) groups is 1. The topological polar surface area (TPSA) is 67.3 Å². The van der Waals surface area contributed by atoms with Crippen LogP contribution in [0.25, 0.3) is 0 Å². The fourth-order valence-electron chi connectivity index (χ4n) is 2.75. The summed E-state index contributed by atoms with van der Waals surface area (Å²) in [6, 6.07) is 7.62. The Labute approximate surface area is 156 Å². The smallest absolute Gasteiger partial charge is 0.233 e. The number of amides is 1. The van der Waals surface area contributed by atoms with Crippen molar-refractivity contribution in [2.75, 3.05) is 31.3 Å². The number of likely N-dealkylation sites (tertiary alicyclic amines) is 1. The Kier molecular flexibility index (Phi) is 6.14. The minimum Gasteiger partial charge on any atom is -0.497 e. The first-order valence-electron chi connectivity index (χ1n) is 8.29. The van der Waals surface area contributed by atoms with Gasteiger partial charge >= 0.3 is 0 Å². The molecule has 134 valence electrons. The molecule has 25 heavy (non-hydrogen) atoms. The number of hydrogen-bond acceptors (Lipinski definition) is 7. The number of benzene rings is 1. The van der Waals surface area contributed by atoms with Crippen molar-refractivity contribution in [1.29, 1.82) is 0 Å². The van der Waals surface area contributed by atoms with Crippen LogP contribution in [0.3, 0.4) is 0 Å². The average Bonchev–Trinajstić information content (AvgIpc) is 3.08. The standard InChI is InChI=1S/C17H22N4O2S2/c1-12-4-3-9-21(10-12)15(22)11-24-17-20-19-16(25-17)18-13-5-7-14(23-2)8-6-13/h5-8,12H,3-4,9-11H2,1-2H3,(H,18,19)/t12-/m0/s1. The molecular formula is C17H22N4O2S2. The van der Waals surface area contributed by atoms with Gasteiger partial charge in [0.1, 0.15) is 5.75 Å². The highest BCUT2D eigenvalue weighted by Gasteiger charge is 2.21. The molecule has 1 saturated heterocycles. The fraction of sp³-hybridized carbons (Fsp3) is 0.471. The number of rotatable bonds is 6. The van der Waals surface area contributed by atoms with Crippen molar-refractivity contribution in [3.05, 3.63) is 24.3 Å². The molecule has 1 aromatic heterocycles. The molecule has 0 unspecified atom stereocenters. The monoisotopic (exact) mass is 378 g/mol. The summed E-state index contributed by atoms with van der Waals surface area (Å²) in [4.78, 5) is 14.3. The van der Waals surface area contributed by atoms with E-state index >= 15 is 0 Å². The maximum absolute atomic E-state index is 12.3. The molecule has 0 radical (unpaired) electrons. The lowest BCUT2D eigenvalue weighted by molar-refractivity contribution is -0.130. The number of nitrogens with one attached hydrogen (secondary N) is 1. The van der Waals surface area contributed by atoms with Crippen LogP contribution in [0.4, 0.5) is 10.8 Å². The Morgan fingerprint density at radius 2 is 2.20 bits per heavy atom. The van der Waals surface area contributed by atoms with Crippen LogP contribution in [-0.4, -0.2) is 47.0 Å². The van der Waals surface area contributed by atoms with Gasteiger partial charge in [0.05, 0.1) is 12.9 Å². The zero-order valence-corrected chi connectivity index (χ0v) is 16.0. The molecule has 1 aromatic carbocycles. The van der Waals surface area contributed by atoms with Gasteiger partial charge in [-0.2, -0.15) is 0 Å². The van der Waals surface area contributed by atoms with E-state index in [1.807, 2.05) is 29.2 Å². The van der Waals surface area contributed by atoms with Crippen LogP contribution in [0.15, 0.2) is 28.6 Å². The summed E-state index contributed by atoms with van der Waals surface area (Å²) in [6.45, 7) is 3.96. The quantitative estimate of drug-likeness (QED) is 0.774. The molecule has 0 aliphatic carbocycles. The molecule has 1 amide bonds. The van der Waals surface area contributed by atoms with E-state index in [4.69, 9.17) is 4.74 Å². The SMILES string of the molecule is COc1ccc(Nc2nnc(SCC(=O)N3CCC[C@H](C)C3)s2)cc1. The highest BCUT2D eigenvalue weighted by atomic mass is 32.2. The lowest BCUT2D eigenvalue weighted by Crippen LogP contribution is -2.40. The van der Waals surface area contributed by atoms with Crippen LogP contribution < -0.4 is 10.1 Å². The maximum atomic E-state index is 12.3. The van der Waals surface area contributed by atoms with Gasteiger partial charge in [-0.05, 0) is 43.0 Å². The molecule has 0 bridgehead atoms. The molecule has 1 aliphatic heterocycles. The number of methoxy groups -OCH3 is 1. The van der Waals surface area contributed by atoms with E-state index in [1.165, 1.54) is 29.5 Å². The van der Waals surface area contributed by atoms with Crippen LogP contribution >= 0.6 is 23.1 Å². The third kappa shape index (κ3) is 5.09. The number of hydrogen-bond donors (Lipinski definition) is 1. The van der Waals surface area contributed by atoms with Crippen molar-refractivity contribution in [2.24, 2.45) is 5.92 Å². The van der Waals surface area contributed by atoms with E-state index in [1.54, 1.807) is 7.11 Å². The Morgan fingerprint density at radius 3 is 2.92 bits per heavy atom. The normalized spacial score (nSPS) is 17.4. The minimum atomic E-state index is 0.191. The molecule has 1 aliphatic rings. The highest BCUT2D eigenvalue weighted by Crippen LogP contribution is 2.28. The molecule has 0 spiro atoms. The van der Waals surface area contributed by atoms with Crippen molar-refractivity contribution < 1.29 is 9.53 Å². The number of anilines is 2. The van der Waals surface area contributed by atoms with Gasteiger partial charge < -0.3 is 15.0 Å². The first kappa shape index (κ1) is 18.0. The van der Waals surface area contributed by atoms with E-state index in [0.29, 0.717) is 16.8 Å². The molecule has 2 heterocycles. The third-order valence-corrected chi connectivity index (χ3v) is 6.03. The lowest BCUT2D eigenvalue weighted by Gasteiger charge is -2.30. The summed E-state index contributed by atoms with van der Waals surface area (Å²) in [7, 11) is 1.64. The van der Waals surface area contributed by atoms with Crippen molar-refractivity contribution >= 4 is 39.8 Å². The third-order valence-electron chi connectivity index (χ3n) is 4.08. The van der Waals surface area contributed by atoms with E-state index in [-0.39, 0.29) is 5.91 Å². The molecule has 3 rings (SSSR count). The number of thioether (sulfide) groups is 1. The van der Waals surface area contributed by atoms with Crippen molar-refractivity contribution in [2.45, 2.75) is 24.1 Å². The second-order valence-electron chi connectivity index (χ2n) is 6.10. The predicted octanol–water partition coefficient (Wildman–Crippen LogP) is 3.64. The summed E-state index contributed by atoms with van der Waals surface area (Å²) in [5, 5.41) is 12.2. The van der Waals surface area contributed by atoms with Crippen molar-refractivity contribution in [3.8, 4) is 5.75 Å². The van der Waals surface area contributed by atoms with Crippen LogP contribution in [0.1, 0.15) is 19.8 Å². The molecule has 1 fully saturated rings. The predicted molar refractivity (Wildman–Crippen MR) is 102 cm³/mol. The second-order valence-corrected chi connectivity index (χ2v) is 8.30. The zero-order chi connectivity index (χ0) is 17.6. The number of piperidine rings is 1. The van der Waals surface area contributed by atoms with Gasteiger partial charge in [-0.25, -0.2) is 0 Å². The Morgan fingerprint density at radius 1 is 1.40 bits per heavy atom. The molecular weight excluding hydrogens is 356 g/mol. The Bertz CT molecular complexity index is 705. The van der Waals surface area contributed by atoms with Crippen LogP contribution in [-0.2, 0) is 4.79 Å². The Balaban J connectivity index is 1.50. The van der Waals surface area contributed by atoms with Crippen LogP contribution in [0, 0.1) is 5.92 Å². The minimum absolute atomic E-state index is 0.191. The molecule has 0 saturated carbocycles.